The van der Waals surface area contributed by atoms with Crippen molar-refractivity contribution in [1.29, 1.82) is 0 Å². The van der Waals surface area contributed by atoms with Gasteiger partial charge in [0.05, 0.1) is 6.61 Å². The lowest BCUT2D eigenvalue weighted by Crippen LogP contribution is -2.56. The molecule has 4 aliphatic rings. The molecule has 1 aliphatic carbocycles. The second-order valence-electron chi connectivity index (χ2n) is 10.2. The number of likely N-dealkylation sites (tertiary alicyclic amines) is 1. The van der Waals surface area contributed by atoms with E-state index < -0.39 is 0 Å². The minimum atomic E-state index is -0.338. The molecule has 3 fully saturated rings. The zero-order valence-electron chi connectivity index (χ0n) is 18.5. The van der Waals surface area contributed by atoms with E-state index in [0.717, 1.165) is 57.2 Å². The predicted molar refractivity (Wildman–Crippen MR) is 116 cm³/mol. The Morgan fingerprint density at radius 1 is 1.07 bits per heavy atom. The Balaban J connectivity index is 1.31. The van der Waals surface area contributed by atoms with Gasteiger partial charge in [-0.05, 0) is 64.1 Å². The summed E-state index contributed by atoms with van der Waals surface area (Å²) in [5.41, 5.74) is 1.84. The van der Waals surface area contributed by atoms with Crippen molar-refractivity contribution in [1.82, 2.24) is 9.80 Å². The topological polar surface area (TPSA) is 49.9 Å². The van der Waals surface area contributed by atoms with Gasteiger partial charge in [0.15, 0.2) is 5.78 Å². The largest absolute Gasteiger partial charge is 0.450 e. The zero-order valence-corrected chi connectivity index (χ0v) is 18.5. The standard InChI is InChI=1S/C25H34N2O3/c1-4-30-23(29)27-17-9-10-18(27)16-19(15-17)26-13-11-25(12-14-26)21-8-6-5-7-20(21)22(28)24(25,2)3/h5-8,17-19H,4,9-16H2,1-3H3. The van der Waals surface area contributed by atoms with Crippen LogP contribution in [0.5, 0.6) is 0 Å². The van der Waals surface area contributed by atoms with E-state index in [1.807, 2.05) is 24.0 Å². The first-order chi connectivity index (χ1) is 14.4. The van der Waals surface area contributed by atoms with Gasteiger partial charge in [0.1, 0.15) is 0 Å². The highest BCUT2D eigenvalue weighted by atomic mass is 16.6. The number of carbonyl (C=O) groups is 2. The molecule has 0 radical (unpaired) electrons. The van der Waals surface area contributed by atoms with Crippen LogP contribution in [0.3, 0.4) is 0 Å². The van der Waals surface area contributed by atoms with Crippen molar-refractivity contribution in [3.63, 3.8) is 0 Å². The molecular formula is C25H34N2O3. The smallest absolute Gasteiger partial charge is 0.410 e. The Bertz CT molecular complexity index is 842. The van der Waals surface area contributed by atoms with Gasteiger partial charge in [0.2, 0.25) is 0 Å². The van der Waals surface area contributed by atoms with Crippen molar-refractivity contribution in [2.75, 3.05) is 19.7 Å². The van der Waals surface area contributed by atoms with Gasteiger partial charge in [-0.3, -0.25) is 4.79 Å². The number of benzene rings is 1. The van der Waals surface area contributed by atoms with E-state index in [9.17, 15) is 9.59 Å². The molecule has 3 saturated heterocycles. The first-order valence-electron chi connectivity index (χ1n) is 11.7. The van der Waals surface area contributed by atoms with Gasteiger partial charge in [-0.15, -0.1) is 0 Å². The van der Waals surface area contributed by atoms with Gasteiger partial charge in [-0.25, -0.2) is 4.79 Å². The molecular weight excluding hydrogens is 376 g/mol. The zero-order chi connectivity index (χ0) is 21.1. The number of amides is 1. The van der Waals surface area contributed by atoms with Crippen molar-refractivity contribution in [2.24, 2.45) is 5.41 Å². The number of hydrogen-bond acceptors (Lipinski definition) is 4. The first-order valence-corrected chi connectivity index (χ1v) is 11.7. The minimum Gasteiger partial charge on any atom is -0.450 e. The highest BCUT2D eigenvalue weighted by Gasteiger charge is 2.58. The Morgan fingerprint density at radius 2 is 1.70 bits per heavy atom. The summed E-state index contributed by atoms with van der Waals surface area (Å²) in [5.74, 6) is 0.312. The fourth-order valence-corrected chi connectivity index (χ4v) is 7.10. The number of Topliss-reactive ketones (excluding diaryl/α,β-unsaturated/α-hetero) is 1. The summed E-state index contributed by atoms with van der Waals surface area (Å²) in [7, 11) is 0. The van der Waals surface area contributed by atoms with Crippen molar-refractivity contribution in [3.8, 4) is 0 Å². The van der Waals surface area contributed by atoms with Crippen LogP contribution in [-0.2, 0) is 10.2 Å². The molecule has 5 rings (SSSR count). The maximum atomic E-state index is 13.2. The van der Waals surface area contributed by atoms with Crippen LogP contribution in [0.1, 0.15) is 75.2 Å². The van der Waals surface area contributed by atoms with E-state index in [2.05, 4.69) is 30.9 Å². The molecule has 2 bridgehead atoms. The van der Waals surface area contributed by atoms with Gasteiger partial charge in [-0.1, -0.05) is 38.1 Å². The fourth-order valence-electron chi connectivity index (χ4n) is 7.10. The van der Waals surface area contributed by atoms with Gasteiger partial charge in [0, 0.05) is 34.5 Å². The molecule has 30 heavy (non-hydrogen) atoms. The highest BCUT2D eigenvalue weighted by Crippen LogP contribution is 2.57. The lowest BCUT2D eigenvalue weighted by atomic mass is 9.60. The normalized spacial score (nSPS) is 31.8. The van der Waals surface area contributed by atoms with Gasteiger partial charge >= 0.3 is 6.09 Å². The van der Waals surface area contributed by atoms with Crippen LogP contribution in [-0.4, -0.2) is 59.5 Å². The number of carbonyl (C=O) groups excluding carboxylic acids is 2. The van der Waals surface area contributed by atoms with Crippen LogP contribution >= 0.6 is 0 Å². The summed E-state index contributed by atoms with van der Waals surface area (Å²) < 4.78 is 5.31. The number of fused-ring (bicyclic) bond motifs is 4. The first kappa shape index (κ1) is 20.0. The van der Waals surface area contributed by atoms with Crippen molar-refractivity contribution >= 4 is 11.9 Å². The Morgan fingerprint density at radius 3 is 2.33 bits per heavy atom. The van der Waals surface area contributed by atoms with E-state index in [0.29, 0.717) is 30.5 Å². The van der Waals surface area contributed by atoms with E-state index >= 15 is 0 Å². The van der Waals surface area contributed by atoms with Crippen molar-refractivity contribution in [2.45, 2.75) is 82.8 Å². The number of rotatable bonds is 2. The maximum Gasteiger partial charge on any atom is 0.410 e. The monoisotopic (exact) mass is 410 g/mol. The average Bonchev–Trinajstić information content (AvgIpc) is 3.10. The van der Waals surface area contributed by atoms with Gasteiger partial charge in [-0.2, -0.15) is 0 Å². The van der Waals surface area contributed by atoms with E-state index in [4.69, 9.17) is 4.74 Å². The second-order valence-corrected chi connectivity index (χ2v) is 10.2. The third-order valence-electron chi connectivity index (χ3n) is 8.81. The number of nitrogens with zero attached hydrogens (tertiary/aromatic N) is 2. The van der Waals surface area contributed by atoms with E-state index in [-0.39, 0.29) is 16.9 Å². The molecule has 1 aromatic rings. The van der Waals surface area contributed by atoms with Crippen LogP contribution in [0.15, 0.2) is 24.3 Å². The number of ether oxygens (including phenoxy) is 1. The fraction of sp³-hybridized carbons (Fsp3) is 0.680. The summed E-state index contributed by atoms with van der Waals surface area (Å²) in [6, 6.07) is 9.49. The number of ketones is 1. The summed E-state index contributed by atoms with van der Waals surface area (Å²) in [5, 5.41) is 0. The Labute approximate surface area is 179 Å². The highest BCUT2D eigenvalue weighted by molar-refractivity contribution is 6.06. The van der Waals surface area contributed by atoms with Crippen molar-refractivity contribution in [3.05, 3.63) is 35.4 Å². The summed E-state index contributed by atoms with van der Waals surface area (Å²) in [6.07, 6.45) is 6.28. The van der Waals surface area contributed by atoms with Crippen LogP contribution < -0.4 is 0 Å². The molecule has 3 heterocycles. The summed E-state index contributed by atoms with van der Waals surface area (Å²) >= 11 is 0. The van der Waals surface area contributed by atoms with E-state index in [1.165, 1.54) is 5.56 Å². The quantitative estimate of drug-likeness (QED) is 0.725. The molecule has 1 amide bonds. The lowest BCUT2D eigenvalue weighted by Gasteiger charge is -2.50. The van der Waals surface area contributed by atoms with Gasteiger partial charge in [0.25, 0.3) is 0 Å². The van der Waals surface area contributed by atoms with Crippen LogP contribution in [0.25, 0.3) is 0 Å². The minimum absolute atomic E-state index is 0.0399. The molecule has 2 atom stereocenters. The molecule has 5 heteroatoms. The molecule has 0 aromatic heterocycles. The number of piperidine rings is 2. The molecule has 2 unspecified atom stereocenters. The SMILES string of the molecule is CCOC(=O)N1C2CCC1CC(N1CCC3(CC1)c1ccccc1C(=O)C3(C)C)C2. The van der Waals surface area contributed by atoms with E-state index in [1.54, 1.807) is 0 Å². The van der Waals surface area contributed by atoms with Gasteiger partial charge < -0.3 is 14.5 Å². The molecule has 1 aromatic carbocycles. The van der Waals surface area contributed by atoms with Crippen LogP contribution in [0, 0.1) is 5.41 Å². The molecule has 0 saturated carbocycles. The third-order valence-corrected chi connectivity index (χ3v) is 8.81. The van der Waals surface area contributed by atoms with Crippen LogP contribution in [0.4, 0.5) is 4.79 Å². The maximum absolute atomic E-state index is 13.2. The summed E-state index contributed by atoms with van der Waals surface area (Å²) in [6.45, 7) is 8.71. The second kappa shape index (κ2) is 7.08. The molecule has 162 valence electrons. The van der Waals surface area contributed by atoms with Crippen molar-refractivity contribution < 1.29 is 14.3 Å². The molecule has 3 aliphatic heterocycles. The average molecular weight is 411 g/mol. The third kappa shape index (κ3) is 2.70. The molecule has 5 nitrogen and oxygen atoms in total. The molecule has 0 N–H and O–H groups in total. The molecule has 1 spiro atoms. The Hall–Kier alpha value is -1.88. The predicted octanol–water partition coefficient (Wildman–Crippen LogP) is 4.39. The summed E-state index contributed by atoms with van der Waals surface area (Å²) in [4.78, 5) is 30.2. The van der Waals surface area contributed by atoms with Crippen LogP contribution in [0.2, 0.25) is 0 Å². The lowest BCUT2D eigenvalue weighted by molar-refractivity contribution is 0.0125. The Kier molecular flexibility index (Phi) is 4.73. The number of hydrogen-bond donors (Lipinski definition) is 0.